The van der Waals surface area contributed by atoms with Crippen LogP contribution < -0.4 is 14.4 Å². The van der Waals surface area contributed by atoms with Crippen molar-refractivity contribution in [3.63, 3.8) is 0 Å². The molecule has 0 heterocycles. The van der Waals surface area contributed by atoms with Crippen molar-refractivity contribution in [2.75, 3.05) is 30.5 Å². The zero-order valence-corrected chi connectivity index (χ0v) is 24.6. The van der Waals surface area contributed by atoms with Crippen LogP contribution in [0.5, 0.6) is 5.75 Å². The molecule has 10 heteroatoms. The second-order valence-electron chi connectivity index (χ2n) is 9.54. The first-order valence-electron chi connectivity index (χ1n) is 13.8. The zero-order valence-electron chi connectivity index (χ0n) is 23.8. The molecule has 0 unspecified atom stereocenters. The third-order valence-corrected chi connectivity index (χ3v) is 8.39. The molecular weight excluding hydrogens is 545 g/mol. The standard InChI is InChI=1S/C31H38FN3O5S/c1-4-6-21-33-31(37)24(3)34(22-20-25-10-8-7-9-11-25)30(36)23-35(27-14-16-28(17-15-27)40-5-2)41(38,39)29-18-12-26(32)13-19-29/h7-19,24H,4-6,20-23H2,1-3H3,(H,33,37)/t24-/m0/s1. The number of unbranched alkanes of at least 4 members (excludes halogenated alkanes) is 1. The summed E-state index contributed by atoms with van der Waals surface area (Å²) in [5.41, 5.74) is 1.21. The van der Waals surface area contributed by atoms with Gasteiger partial charge >= 0.3 is 0 Å². The molecule has 0 fully saturated rings. The van der Waals surface area contributed by atoms with Gasteiger partial charge in [0.2, 0.25) is 11.8 Å². The van der Waals surface area contributed by atoms with E-state index in [2.05, 4.69) is 5.32 Å². The average Bonchev–Trinajstić information content (AvgIpc) is 2.97. The van der Waals surface area contributed by atoms with E-state index < -0.39 is 34.3 Å². The van der Waals surface area contributed by atoms with Gasteiger partial charge in [0.1, 0.15) is 24.2 Å². The number of hydrogen-bond acceptors (Lipinski definition) is 5. The van der Waals surface area contributed by atoms with Crippen LogP contribution in [-0.4, -0.2) is 57.4 Å². The zero-order chi connectivity index (χ0) is 29.8. The predicted molar refractivity (Wildman–Crippen MR) is 158 cm³/mol. The van der Waals surface area contributed by atoms with Crippen LogP contribution in [0, 0.1) is 5.82 Å². The van der Waals surface area contributed by atoms with Gasteiger partial charge in [-0.05, 0) is 80.8 Å². The van der Waals surface area contributed by atoms with Crippen molar-refractivity contribution in [3.8, 4) is 5.75 Å². The van der Waals surface area contributed by atoms with Crippen LogP contribution in [0.1, 0.15) is 39.2 Å². The molecule has 41 heavy (non-hydrogen) atoms. The summed E-state index contributed by atoms with van der Waals surface area (Å²) in [5, 5.41) is 2.87. The number of anilines is 1. The minimum absolute atomic E-state index is 0.165. The number of sulfonamides is 1. The molecule has 3 aromatic carbocycles. The number of amides is 2. The lowest BCUT2D eigenvalue weighted by molar-refractivity contribution is -0.138. The maximum absolute atomic E-state index is 13.9. The lowest BCUT2D eigenvalue weighted by atomic mass is 10.1. The van der Waals surface area contributed by atoms with E-state index in [0.717, 1.165) is 47.0 Å². The third-order valence-electron chi connectivity index (χ3n) is 6.60. The topological polar surface area (TPSA) is 96.0 Å². The van der Waals surface area contributed by atoms with Crippen molar-refractivity contribution in [3.05, 3.63) is 90.2 Å². The van der Waals surface area contributed by atoms with Crippen molar-refractivity contribution >= 4 is 27.5 Å². The van der Waals surface area contributed by atoms with E-state index in [1.807, 2.05) is 44.2 Å². The van der Waals surface area contributed by atoms with Crippen molar-refractivity contribution in [1.82, 2.24) is 10.2 Å². The summed E-state index contributed by atoms with van der Waals surface area (Å²) in [7, 11) is -4.28. The molecule has 0 aliphatic rings. The molecule has 220 valence electrons. The molecule has 0 spiro atoms. The number of ether oxygens (including phenoxy) is 1. The quantitative estimate of drug-likeness (QED) is 0.260. The summed E-state index contributed by atoms with van der Waals surface area (Å²) in [6, 6.07) is 19.5. The first-order valence-corrected chi connectivity index (χ1v) is 15.2. The molecule has 0 radical (unpaired) electrons. The summed E-state index contributed by atoms with van der Waals surface area (Å²) in [5.74, 6) is -0.890. The Morgan fingerprint density at radius 2 is 1.61 bits per heavy atom. The van der Waals surface area contributed by atoms with E-state index in [0.29, 0.717) is 25.3 Å². The molecule has 0 bridgehead atoms. The summed E-state index contributed by atoms with van der Waals surface area (Å²) in [6.07, 6.45) is 2.19. The average molecular weight is 584 g/mol. The predicted octanol–water partition coefficient (Wildman–Crippen LogP) is 4.80. The number of nitrogens with one attached hydrogen (secondary N) is 1. The van der Waals surface area contributed by atoms with E-state index in [1.165, 1.54) is 4.90 Å². The number of carbonyl (C=O) groups excluding carboxylic acids is 2. The number of rotatable bonds is 15. The van der Waals surface area contributed by atoms with Gasteiger partial charge in [0.25, 0.3) is 10.0 Å². The molecule has 3 rings (SSSR count). The second-order valence-corrected chi connectivity index (χ2v) is 11.4. The molecule has 8 nitrogen and oxygen atoms in total. The van der Waals surface area contributed by atoms with E-state index in [4.69, 9.17) is 4.74 Å². The normalized spacial score (nSPS) is 11.9. The van der Waals surface area contributed by atoms with Gasteiger partial charge in [0, 0.05) is 13.1 Å². The van der Waals surface area contributed by atoms with Crippen LogP contribution in [0.3, 0.4) is 0 Å². The maximum Gasteiger partial charge on any atom is 0.264 e. The molecular formula is C31H38FN3O5S. The van der Waals surface area contributed by atoms with Crippen molar-refractivity contribution in [2.45, 2.75) is 51.0 Å². The van der Waals surface area contributed by atoms with Crippen molar-refractivity contribution in [1.29, 1.82) is 0 Å². The Morgan fingerprint density at radius 1 is 0.951 bits per heavy atom. The van der Waals surface area contributed by atoms with E-state index in [1.54, 1.807) is 31.2 Å². The highest BCUT2D eigenvalue weighted by Crippen LogP contribution is 2.26. The largest absolute Gasteiger partial charge is 0.494 e. The van der Waals surface area contributed by atoms with Crippen LogP contribution in [0.25, 0.3) is 0 Å². The molecule has 0 aliphatic heterocycles. The Labute approximate surface area is 242 Å². The Kier molecular flexibility index (Phi) is 11.7. The van der Waals surface area contributed by atoms with E-state index in [-0.39, 0.29) is 23.0 Å². The highest BCUT2D eigenvalue weighted by Gasteiger charge is 2.32. The number of benzene rings is 3. The fraction of sp³-hybridized carbons (Fsp3) is 0.355. The summed E-state index contributed by atoms with van der Waals surface area (Å²) >= 11 is 0. The van der Waals surface area contributed by atoms with E-state index in [9.17, 15) is 22.4 Å². The van der Waals surface area contributed by atoms with Gasteiger partial charge in [-0.3, -0.25) is 13.9 Å². The first kappa shape index (κ1) is 31.6. The molecule has 0 aliphatic carbocycles. The number of hydrogen-bond donors (Lipinski definition) is 1. The van der Waals surface area contributed by atoms with E-state index >= 15 is 0 Å². The van der Waals surface area contributed by atoms with Gasteiger partial charge in [-0.15, -0.1) is 0 Å². The third kappa shape index (κ3) is 8.78. The van der Waals surface area contributed by atoms with Gasteiger partial charge in [0.15, 0.2) is 0 Å². The van der Waals surface area contributed by atoms with Gasteiger partial charge in [-0.25, -0.2) is 12.8 Å². The maximum atomic E-state index is 13.9. The molecule has 0 saturated carbocycles. The lowest BCUT2D eigenvalue weighted by Crippen LogP contribution is -2.52. The Morgan fingerprint density at radius 3 is 2.22 bits per heavy atom. The van der Waals surface area contributed by atoms with Gasteiger partial charge in [-0.1, -0.05) is 43.7 Å². The smallest absolute Gasteiger partial charge is 0.264 e. The summed E-state index contributed by atoms with van der Waals surface area (Å²) in [6.45, 7) is 6.05. The van der Waals surface area contributed by atoms with Crippen molar-refractivity contribution in [2.24, 2.45) is 0 Å². The summed E-state index contributed by atoms with van der Waals surface area (Å²) in [4.78, 5) is 28.1. The monoisotopic (exact) mass is 583 g/mol. The van der Waals surface area contributed by atoms with Crippen LogP contribution in [0.4, 0.5) is 10.1 Å². The van der Waals surface area contributed by atoms with Gasteiger partial charge in [0.05, 0.1) is 17.2 Å². The minimum Gasteiger partial charge on any atom is -0.494 e. The minimum atomic E-state index is -4.28. The fourth-order valence-electron chi connectivity index (χ4n) is 4.24. The van der Waals surface area contributed by atoms with Crippen LogP contribution in [-0.2, 0) is 26.0 Å². The fourth-order valence-corrected chi connectivity index (χ4v) is 5.66. The molecule has 2 amide bonds. The SMILES string of the molecule is CCCCNC(=O)[C@H](C)N(CCc1ccccc1)C(=O)CN(c1ccc(OCC)cc1)S(=O)(=O)c1ccc(F)cc1. The van der Waals surface area contributed by atoms with Gasteiger partial charge in [-0.2, -0.15) is 0 Å². The highest BCUT2D eigenvalue weighted by molar-refractivity contribution is 7.92. The molecule has 1 atom stereocenters. The lowest BCUT2D eigenvalue weighted by Gasteiger charge is -2.32. The second kappa shape index (κ2) is 15.2. The molecule has 0 aromatic heterocycles. The number of carbonyl (C=O) groups is 2. The first-order chi connectivity index (χ1) is 19.7. The molecule has 1 N–H and O–H groups in total. The summed E-state index contributed by atoms with van der Waals surface area (Å²) < 4.78 is 47.7. The van der Waals surface area contributed by atoms with Gasteiger partial charge < -0.3 is 15.0 Å². The number of halogens is 1. The highest BCUT2D eigenvalue weighted by atomic mass is 32.2. The Bertz CT molecular complexity index is 1370. The van der Waals surface area contributed by atoms with Crippen LogP contribution in [0.2, 0.25) is 0 Å². The molecule has 0 saturated heterocycles. The number of nitrogens with zero attached hydrogens (tertiary/aromatic N) is 2. The van der Waals surface area contributed by atoms with Crippen LogP contribution >= 0.6 is 0 Å². The Balaban J connectivity index is 1.95. The van der Waals surface area contributed by atoms with Crippen molar-refractivity contribution < 1.29 is 27.1 Å². The molecule has 3 aromatic rings. The Hall–Kier alpha value is -3.92. The van der Waals surface area contributed by atoms with Crippen LogP contribution in [0.15, 0.2) is 83.8 Å².